The molecular formula is C13H20N2O5Se. The molecule has 0 radical (unpaired) electrons. The Morgan fingerprint density at radius 3 is 2.81 bits per heavy atom. The predicted octanol–water partition coefficient (Wildman–Crippen LogP) is -0.790. The molecule has 1 unspecified atom stereocenters. The Balaban J connectivity index is 2.26. The Bertz CT molecular complexity index is 597. The van der Waals surface area contributed by atoms with Crippen LogP contribution in [0.3, 0.4) is 0 Å². The van der Waals surface area contributed by atoms with Crippen LogP contribution in [0.15, 0.2) is 15.8 Å². The zero-order valence-corrected chi connectivity index (χ0v) is 13.7. The number of aliphatic hydroxyl groups is 2. The minimum atomic E-state index is -0.817. The first kappa shape index (κ1) is 16.4. The van der Waals surface area contributed by atoms with Gasteiger partial charge in [-0.25, -0.2) is 0 Å². The molecule has 1 aliphatic rings. The van der Waals surface area contributed by atoms with Crippen LogP contribution in [0.1, 0.15) is 32.1 Å². The van der Waals surface area contributed by atoms with Crippen molar-refractivity contribution in [1.82, 2.24) is 9.55 Å². The van der Waals surface area contributed by atoms with E-state index >= 15 is 0 Å². The summed E-state index contributed by atoms with van der Waals surface area (Å²) in [4.78, 5) is 26.5. The van der Waals surface area contributed by atoms with Crippen molar-refractivity contribution in [1.29, 1.82) is 0 Å². The number of aromatic nitrogens is 2. The molecule has 2 rings (SSSR count). The third-order valence-corrected chi connectivity index (χ3v) is 5.71. The predicted molar refractivity (Wildman–Crippen MR) is 77.5 cm³/mol. The number of nitrogens with one attached hydrogen (secondary N) is 1. The SMILES string of the molecule is CC(C)[Se]Cc1cn([C@@H]2CC(O)[C@H](CO)O2)c(=O)[nH]c1=O. The molecule has 3 N–H and O–H groups in total. The normalized spacial score (nSPS) is 25.7. The molecule has 0 amide bonds. The van der Waals surface area contributed by atoms with E-state index in [4.69, 9.17) is 9.84 Å². The van der Waals surface area contributed by atoms with E-state index < -0.39 is 24.1 Å². The summed E-state index contributed by atoms with van der Waals surface area (Å²) in [5, 5.41) is 19.5. The molecule has 1 aliphatic heterocycles. The second-order valence-electron chi connectivity index (χ2n) is 5.30. The first-order valence-corrected chi connectivity index (χ1v) is 9.02. The summed E-state index contributed by atoms with van der Waals surface area (Å²) in [6.45, 7) is 3.87. The number of nitrogens with zero attached hydrogens (tertiary/aromatic N) is 1. The Hall–Kier alpha value is -0.921. The van der Waals surface area contributed by atoms with Gasteiger partial charge in [0.25, 0.3) is 0 Å². The van der Waals surface area contributed by atoms with E-state index in [9.17, 15) is 14.7 Å². The maximum absolute atomic E-state index is 11.9. The van der Waals surface area contributed by atoms with Gasteiger partial charge in [0.15, 0.2) is 0 Å². The molecule has 0 bridgehead atoms. The van der Waals surface area contributed by atoms with E-state index in [1.165, 1.54) is 10.8 Å². The second-order valence-corrected chi connectivity index (χ2v) is 8.58. The monoisotopic (exact) mass is 364 g/mol. The van der Waals surface area contributed by atoms with Gasteiger partial charge in [0.05, 0.1) is 0 Å². The van der Waals surface area contributed by atoms with Crippen molar-refractivity contribution >= 4 is 15.0 Å². The van der Waals surface area contributed by atoms with Crippen molar-refractivity contribution in [2.24, 2.45) is 0 Å². The third kappa shape index (κ3) is 3.84. The van der Waals surface area contributed by atoms with Crippen LogP contribution in [0.25, 0.3) is 0 Å². The number of rotatable bonds is 5. The van der Waals surface area contributed by atoms with E-state index in [0.29, 0.717) is 15.7 Å². The molecule has 1 aromatic rings. The van der Waals surface area contributed by atoms with Crippen LogP contribution >= 0.6 is 0 Å². The van der Waals surface area contributed by atoms with E-state index in [2.05, 4.69) is 18.8 Å². The summed E-state index contributed by atoms with van der Waals surface area (Å²) in [7, 11) is 0. The number of aromatic amines is 1. The Kier molecular flexibility index (Phi) is 5.40. The first-order chi connectivity index (χ1) is 9.92. The number of hydrogen-bond acceptors (Lipinski definition) is 5. The molecule has 8 heteroatoms. The summed E-state index contributed by atoms with van der Waals surface area (Å²) in [5.41, 5.74) is -0.374. The van der Waals surface area contributed by atoms with Crippen molar-refractivity contribution in [2.45, 2.75) is 48.8 Å². The first-order valence-electron chi connectivity index (χ1n) is 6.82. The molecule has 1 fully saturated rings. The van der Waals surface area contributed by atoms with Gasteiger partial charge in [-0.05, 0) is 0 Å². The minimum absolute atomic E-state index is 0.214. The van der Waals surface area contributed by atoms with Crippen LogP contribution in [0.4, 0.5) is 0 Å². The van der Waals surface area contributed by atoms with Crippen molar-refractivity contribution in [3.63, 3.8) is 0 Å². The van der Waals surface area contributed by atoms with Gasteiger partial charge in [-0.1, -0.05) is 0 Å². The van der Waals surface area contributed by atoms with Gasteiger partial charge in [-0.3, -0.25) is 0 Å². The number of H-pyrrole nitrogens is 1. The van der Waals surface area contributed by atoms with Gasteiger partial charge in [0.2, 0.25) is 0 Å². The topological polar surface area (TPSA) is 105 Å². The van der Waals surface area contributed by atoms with Gasteiger partial charge in [-0.2, -0.15) is 0 Å². The molecule has 0 aromatic carbocycles. The van der Waals surface area contributed by atoms with Gasteiger partial charge in [0.1, 0.15) is 0 Å². The summed E-state index contributed by atoms with van der Waals surface area (Å²) in [6, 6.07) is 0. The van der Waals surface area contributed by atoms with Gasteiger partial charge in [0, 0.05) is 0 Å². The Labute approximate surface area is 128 Å². The van der Waals surface area contributed by atoms with Gasteiger partial charge in [-0.15, -0.1) is 0 Å². The fourth-order valence-corrected chi connectivity index (χ4v) is 3.66. The van der Waals surface area contributed by atoms with Crippen molar-refractivity contribution in [3.05, 3.63) is 32.6 Å². The quantitative estimate of drug-likeness (QED) is 0.595. The third-order valence-electron chi connectivity index (χ3n) is 3.31. The van der Waals surface area contributed by atoms with Crippen LogP contribution in [0.5, 0.6) is 0 Å². The average molecular weight is 363 g/mol. The fraction of sp³-hybridized carbons (Fsp3) is 0.692. The molecule has 0 aliphatic carbocycles. The molecule has 0 spiro atoms. The van der Waals surface area contributed by atoms with Gasteiger partial charge < -0.3 is 0 Å². The summed E-state index contributed by atoms with van der Waals surface area (Å²) in [6.07, 6.45) is -0.444. The maximum atomic E-state index is 11.9. The zero-order valence-electron chi connectivity index (χ0n) is 12.0. The fourth-order valence-electron chi connectivity index (χ4n) is 2.15. The Morgan fingerprint density at radius 2 is 2.24 bits per heavy atom. The molecule has 2 heterocycles. The van der Waals surface area contributed by atoms with Crippen LogP contribution in [-0.4, -0.2) is 53.5 Å². The molecule has 0 saturated carbocycles. The average Bonchev–Trinajstić information content (AvgIpc) is 2.78. The molecule has 3 atom stereocenters. The Morgan fingerprint density at radius 1 is 1.52 bits per heavy atom. The van der Waals surface area contributed by atoms with Gasteiger partial charge >= 0.3 is 128 Å². The van der Waals surface area contributed by atoms with E-state index in [1.54, 1.807) is 0 Å². The molecule has 1 aromatic heterocycles. The molecule has 21 heavy (non-hydrogen) atoms. The zero-order chi connectivity index (χ0) is 15.6. The van der Waals surface area contributed by atoms with Crippen LogP contribution in [-0.2, 0) is 10.1 Å². The molecule has 7 nitrogen and oxygen atoms in total. The number of aliphatic hydroxyl groups excluding tert-OH is 2. The van der Waals surface area contributed by atoms with Crippen LogP contribution in [0.2, 0.25) is 4.82 Å². The van der Waals surface area contributed by atoms with E-state index in [-0.39, 0.29) is 33.5 Å². The molecule has 118 valence electrons. The summed E-state index contributed by atoms with van der Waals surface area (Å²) < 4.78 is 6.75. The summed E-state index contributed by atoms with van der Waals surface area (Å²) in [5.74, 6) is 0. The standard InChI is InChI=1S/C13H20N2O5Se/c1-7(2)21-6-8-4-15(13(19)14-12(8)18)11-3-9(17)10(5-16)20-11/h4,7,9-11,16-17H,3,5-6H2,1-2H3,(H,14,18,19)/t9?,10-,11-/m0/s1. The summed E-state index contributed by atoms with van der Waals surface area (Å²) >= 11 is 0.277. The molecular weight excluding hydrogens is 343 g/mol. The number of ether oxygens (including phenoxy) is 1. The van der Waals surface area contributed by atoms with Crippen LogP contribution in [0, 0.1) is 0 Å². The number of hydrogen-bond donors (Lipinski definition) is 3. The van der Waals surface area contributed by atoms with Crippen molar-refractivity contribution < 1.29 is 14.9 Å². The van der Waals surface area contributed by atoms with E-state index in [0.717, 1.165) is 0 Å². The van der Waals surface area contributed by atoms with Crippen molar-refractivity contribution in [2.75, 3.05) is 6.61 Å². The van der Waals surface area contributed by atoms with Crippen LogP contribution < -0.4 is 11.2 Å². The second kappa shape index (κ2) is 6.89. The molecule has 1 saturated heterocycles. The van der Waals surface area contributed by atoms with Crippen molar-refractivity contribution in [3.8, 4) is 0 Å². The van der Waals surface area contributed by atoms with E-state index in [1.807, 2.05) is 0 Å².